The molecule has 0 radical (unpaired) electrons. The lowest BCUT2D eigenvalue weighted by Gasteiger charge is -2.18. The number of anilines is 1. The summed E-state index contributed by atoms with van der Waals surface area (Å²) in [6.07, 6.45) is 4.72. The summed E-state index contributed by atoms with van der Waals surface area (Å²) in [4.78, 5) is 24.6. The Kier molecular flexibility index (Phi) is 5.16. The Morgan fingerprint density at radius 2 is 1.92 bits per heavy atom. The third-order valence-corrected chi connectivity index (χ3v) is 4.72. The molecule has 1 aliphatic rings. The fourth-order valence-corrected chi connectivity index (χ4v) is 3.02. The first-order valence-electron chi connectivity index (χ1n) is 8.80. The summed E-state index contributed by atoms with van der Waals surface area (Å²) in [6, 6.07) is 11.4. The Morgan fingerprint density at radius 3 is 2.56 bits per heavy atom. The first kappa shape index (κ1) is 17.2. The largest absolute Gasteiger partial charge is 0.341 e. The molecular weight excluding hydrogens is 316 g/mol. The molecule has 0 aliphatic heterocycles. The molecule has 1 aromatic carbocycles. The van der Waals surface area contributed by atoms with Crippen LogP contribution in [0.4, 0.5) is 5.82 Å². The SMILES string of the molecule is CC[C@H](NC(=O)C(=O)Nc1ccnn1[C@@H](C)C1CC1)c1ccccc1. The van der Waals surface area contributed by atoms with Crippen LogP contribution in [-0.2, 0) is 9.59 Å². The Labute approximate surface area is 147 Å². The van der Waals surface area contributed by atoms with E-state index in [4.69, 9.17) is 0 Å². The minimum Gasteiger partial charge on any atom is -0.341 e. The van der Waals surface area contributed by atoms with Gasteiger partial charge in [-0.15, -0.1) is 0 Å². The maximum atomic E-state index is 12.3. The molecule has 3 rings (SSSR count). The fourth-order valence-electron chi connectivity index (χ4n) is 3.02. The Balaban J connectivity index is 1.63. The smallest absolute Gasteiger partial charge is 0.314 e. The summed E-state index contributed by atoms with van der Waals surface area (Å²) < 4.78 is 1.79. The molecule has 2 N–H and O–H groups in total. The molecule has 0 spiro atoms. The standard InChI is InChI=1S/C19H24N4O2/c1-3-16(15-7-5-4-6-8-15)21-18(24)19(25)22-17-11-12-20-23(17)13(2)14-9-10-14/h4-8,11-14,16H,3,9-10H2,1-2H3,(H,21,24)(H,22,25)/t13-,16-/m0/s1. The molecule has 0 bridgehead atoms. The van der Waals surface area contributed by atoms with Crippen LogP contribution in [0, 0.1) is 5.92 Å². The van der Waals surface area contributed by atoms with Gasteiger partial charge in [0.05, 0.1) is 18.3 Å². The Morgan fingerprint density at radius 1 is 1.20 bits per heavy atom. The van der Waals surface area contributed by atoms with E-state index in [9.17, 15) is 9.59 Å². The lowest BCUT2D eigenvalue weighted by molar-refractivity contribution is -0.136. The minimum atomic E-state index is -0.667. The van der Waals surface area contributed by atoms with Crippen molar-refractivity contribution in [3.05, 3.63) is 48.2 Å². The lowest BCUT2D eigenvalue weighted by Crippen LogP contribution is -2.38. The zero-order valence-corrected chi connectivity index (χ0v) is 14.6. The molecular formula is C19H24N4O2. The van der Waals surface area contributed by atoms with Gasteiger partial charge in [-0.2, -0.15) is 5.10 Å². The highest BCUT2D eigenvalue weighted by atomic mass is 16.2. The van der Waals surface area contributed by atoms with Crippen molar-refractivity contribution >= 4 is 17.6 Å². The number of amides is 2. The summed E-state index contributed by atoms with van der Waals surface area (Å²) in [5.41, 5.74) is 0.985. The summed E-state index contributed by atoms with van der Waals surface area (Å²) >= 11 is 0. The van der Waals surface area contributed by atoms with Crippen molar-refractivity contribution in [1.82, 2.24) is 15.1 Å². The number of hydrogen-bond acceptors (Lipinski definition) is 3. The molecule has 2 atom stereocenters. The van der Waals surface area contributed by atoms with Gasteiger partial charge in [0.1, 0.15) is 5.82 Å². The monoisotopic (exact) mass is 340 g/mol. The molecule has 1 fully saturated rings. The van der Waals surface area contributed by atoms with Crippen LogP contribution in [0.2, 0.25) is 0 Å². The maximum Gasteiger partial charge on any atom is 0.314 e. The molecule has 2 aromatic rings. The van der Waals surface area contributed by atoms with Gasteiger partial charge in [-0.25, -0.2) is 4.68 Å². The van der Waals surface area contributed by atoms with Gasteiger partial charge in [-0.05, 0) is 37.7 Å². The summed E-state index contributed by atoms with van der Waals surface area (Å²) in [6.45, 7) is 4.06. The third-order valence-electron chi connectivity index (χ3n) is 4.72. The second-order valence-electron chi connectivity index (χ2n) is 6.54. The molecule has 1 aromatic heterocycles. The number of rotatable bonds is 6. The van der Waals surface area contributed by atoms with E-state index in [0.717, 1.165) is 5.56 Å². The number of aromatic nitrogens is 2. The molecule has 2 amide bonds. The van der Waals surface area contributed by atoms with Gasteiger partial charge in [0.25, 0.3) is 0 Å². The first-order valence-corrected chi connectivity index (χ1v) is 8.80. The van der Waals surface area contributed by atoms with Crippen molar-refractivity contribution in [2.45, 2.75) is 45.2 Å². The highest BCUT2D eigenvalue weighted by Crippen LogP contribution is 2.40. The lowest BCUT2D eigenvalue weighted by atomic mass is 10.0. The molecule has 1 saturated carbocycles. The van der Waals surface area contributed by atoms with E-state index < -0.39 is 11.8 Å². The second kappa shape index (κ2) is 7.51. The van der Waals surface area contributed by atoms with Crippen LogP contribution in [0.5, 0.6) is 0 Å². The average Bonchev–Trinajstić information content (AvgIpc) is 3.39. The van der Waals surface area contributed by atoms with E-state index in [1.165, 1.54) is 12.8 Å². The number of carbonyl (C=O) groups is 2. The van der Waals surface area contributed by atoms with Gasteiger partial charge in [-0.3, -0.25) is 9.59 Å². The van der Waals surface area contributed by atoms with Gasteiger partial charge in [-0.1, -0.05) is 37.3 Å². The normalized spacial score (nSPS) is 16.1. The number of benzene rings is 1. The number of hydrogen-bond donors (Lipinski definition) is 2. The Bertz CT molecular complexity index is 737. The van der Waals surface area contributed by atoms with Crippen molar-refractivity contribution in [2.24, 2.45) is 5.92 Å². The van der Waals surface area contributed by atoms with Gasteiger partial charge in [0.15, 0.2) is 0 Å². The van der Waals surface area contributed by atoms with Crippen LogP contribution >= 0.6 is 0 Å². The van der Waals surface area contributed by atoms with Crippen LogP contribution in [-0.4, -0.2) is 21.6 Å². The van der Waals surface area contributed by atoms with Crippen LogP contribution in [0.15, 0.2) is 42.6 Å². The average molecular weight is 340 g/mol. The predicted octanol–water partition coefficient (Wildman–Crippen LogP) is 3.06. The fraction of sp³-hybridized carbons (Fsp3) is 0.421. The van der Waals surface area contributed by atoms with Crippen molar-refractivity contribution in [2.75, 3.05) is 5.32 Å². The zero-order valence-electron chi connectivity index (χ0n) is 14.6. The van der Waals surface area contributed by atoms with Gasteiger partial charge in [0.2, 0.25) is 0 Å². The topological polar surface area (TPSA) is 76.0 Å². The van der Waals surface area contributed by atoms with E-state index in [-0.39, 0.29) is 12.1 Å². The van der Waals surface area contributed by atoms with Crippen molar-refractivity contribution < 1.29 is 9.59 Å². The van der Waals surface area contributed by atoms with Crippen LogP contribution in [0.25, 0.3) is 0 Å². The number of carbonyl (C=O) groups excluding carboxylic acids is 2. The number of nitrogens with zero attached hydrogens (tertiary/aromatic N) is 2. The molecule has 0 saturated heterocycles. The Hall–Kier alpha value is -2.63. The summed E-state index contributed by atoms with van der Waals surface area (Å²) in [7, 11) is 0. The van der Waals surface area contributed by atoms with Gasteiger partial charge >= 0.3 is 11.8 Å². The molecule has 1 heterocycles. The van der Waals surface area contributed by atoms with Crippen molar-refractivity contribution in [3.63, 3.8) is 0 Å². The zero-order chi connectivity index (χ0) is 17.8. The molecule has 132 valence electrons. The van der Waals surface area contributed by atoms with Gasteiger partial charge < -0.3 is 10.6 Å². The highest BCUT2D eigenvalue weighted by Gasteiger charge is 2.31. The predicted molar refractivity (Wildman–Crippen MR) is 95.9 cm³/mol. The third kappa shape index (κ3) is 4.07. The minimum absolute atomic E-state index is 0.185. The van der Waals surface area contributed by atoms with E-state index in [2.05, 4.69) is 22.7 Å². The van der Waals surface area contributed by atoms with Crippen molar-refractivity contribution in [1.29, 1.82) is 0 Å². The number of nitrogens with one attached hydrogen (secondary N) is 2. The van der Waals surface area contributed by atoms with Gasteiger partial charge in [0, 0.05) is 6.07 Å². The van der Waals surface area contributed by atoms with E-state index in [0.29, 0.717) is 18.2 Å². The van der Waals surface area contributed by atoms with Crippen LogP contribution in [0.3, 0.4) is 0 Å². The van der Waals surface area contributed by atoms with Crippen LogP contribution < -0.4 is 10.6 Å². The van der Waals surface area contributed by atoms with E-state index >= 15 is 0 Å². The quantitative estimate of drug-likeness (QED) is 0.794. The molecule has 1 aliphatic carbocycles. The summed E-state index contributed by atoms with van der Waals surface area (Å²) in [5.74, 6) is -0.138. The van der Waals surface area contributed by atoms with E-state index in [1.807, 2.05) is 37.3 Å². The highest BCUT2D eigenvalue weighted by molar-refractivity contribution is 6.39. The molecule has 0 unspecified atom stereocenters. The summed E-state index contributed by atoms with van der Waals surface area (Å²) in [5, 5.41) is 9.77. The molecule has 25 heavy (non-hydrogen) atoms. The first-order chi connectivity index (χ1) is 12.1. The van der Waals surface area contributed by atoms with E-state index in [1.54, 1.807) is 16.9 Å². The van der Waals surface area contributed by atoms with Crippen LogP contribution in [0.1, 0.15) is 50.8 Å². The molecule has 6 heteroatoms. The molecule has 6 nitrogen and oxygen atoms in total. The van der Waals surface area contributed by atoms with Crippen molar-refractivity contribution in [3.8, 4) is 0 Å². The second-order valence-corrected chi connectivity index (χ2v) is 6.54. The maximum absolute atomic E-state index is 12.3.